The van der Waals surface area contributed by atoms with Crippen molar-refractivity contribution in [2.24, 2.45) is 10.9 Å². The minimum absolute atomic E-state index is 0.284. The third kappa shape index (κ3) is 5.07. The number of hydrogen-bond acceptors (Lipinski definition) is 5. The van der Waals surface area contributed by atoms with Crippen LogP contribution in [0.5, 0.6) is 5.75 Å². The van der Waals surface area contributed by atoms with Crippen LogP contribution in [-0.2, 0) is 4.84 Å². The topological polar surface area (TPSA) is 87.6 Å². The molecule has 0 unspecified atom stereocenters. The van der Waals surface area contributed by atoms with Crippen molar-refractivity contribution in [1.29, 1.82) is 0 Å². The number of ether oxygens (including phenoxy) is 1. The van der Waals surface area contributed by atoms with Crippen molar-refractivity contribution < 1.29 is 9.57 Å². The summed E-state index contributed by atoms with van der Waals surface area (Å²) in [4.78, 5) is 9.66. The summed E-state index contributed by atoms with van der Waals surface area (Å²) in [5.74, 6) is 1.86. The molecule has 27 heavy (non-hydrogen) atoms. The highest BCUT2D eigenvalue weighted by molar-refractivity contribution is 5.96. The number of rotatable bonds is 8. The molecule has 0 aliphatic heterocycles. The van der Waals surface area contributed by atoms with E-state index < -0.39 is 0 Å². The molecule has 0 amide bonds. The monoisotopic (exact) mass is 365 g/mol. The first-order chi connectivity index (χ1) is 13.1. The maximum absolute atomic E-state index is 5.95. The van der Waals surface area contributed by atoms with Crippen molar-refractivity contribution in [3.05, 3.63) is 71.7 Å². The molecule has 2 heterocycles. The number of aromatic nitrogens is 3. The Morgan fingerprint density at radius 1 is 1.11 bits per heavy atom. The molecular weight excluding hydrogens is 342 g/mol. The lowest BCUT2D eigenvalue weighted by atomic mass is 10.2. The van der Waals surface area contributed by atoms with Crippen molar-refractivity contribution in [2.75, 3.05) is 13.2 Å². The van der Waals surface area contributed by atoms with Crippen molar-refractivity contribution in [2.45, 2.75) is 20.3 Å². The second-order valence-electron chi connectivity index (χ2n) is 6.07. The molecular formula is C20H23N5O2. The smallest absolute Gasteiger partial charge is 0.171 e. The lowest BCUT2D eigenvalue weighted by Crippen LogP contribution is -2.15. The van der Waals surface area contributed by atoms with Gasteiger partial charge >= 0.3 is 0 Å². The van der Waals surface area contributed by atoms with Crippen LogP contribution in [0.4, 0.5) is 0 Å². The van der Waals surface area contributed by atoms with E-state index in [1.165, 1.54) is 0 Å². The first-order valence-corrected chi connectivity index (χ1v) is 8.77. The van der Waals surface area contributed by atoms with Crippen LogP contribution in [0.3, 0.4) is 0 Å². The van der Waals surface area contributed by atoms with Crippen molar-refractivity contribution in [1.82, 2.24) is 14.8 Å². The molecule has 1 aromatic carbocycles. The molecule has 0 fully saturated rings. The van der Waals surface area contributed by atoms with Gasteiger partial charge < -0.3 is 15.3 Å². The van der Waals surface area contributed by atoms with Crippen LogP contribution in [0, 0.1) is 13.8 Å². The maximum atomic E-state index is 5.95. The van der Waals surface area contributed by atoms with Crippen LogP contribution >= 0.6 is 0 Å². The normalized spacial score (nSPS) is 11.4. The Morgan fingerprint density at radius 2 is 1.93 bits per heavy atom. The van der Waals surface area contributed by atoms with Crippen LogP contribution in [0.25, 0.3) is 5.82 Å². The van der Waals surface area contributed by atoms with Gasteiger partial charge in [-0.25, -0.2) is 9.67 Å². The second-order valence-corrected chi connectivity index (χ2v) is 6.07. The molecule has 140 valence electrons. The Hall–Kier alpha value is -3.35. The van der Waals surface area contributed by atoms with Crippen LogP contribution in [-0.4, -0.2) is 33.8 Å². The molecule has 0 bridgehead atoms. The fourth-order valence-electron chi connectivity index (χ4n) is 2.52. The van der Waals surface area contributed by atoms with Gasteiger partial charge in [0.15, 0.2) is 11.7 Å². The fourth-order valence-corrected chi connectivity index (χ4v) is 2.52. The summed E-state index contributed by atoms with van der Waals surface area (Å²) in [6.07, 6.45) is 2.37. The van der Waals surface area contributed by atoms with Gasteiger partial charge in [-0.2, -0.15) is 5.10 Å². The van der Waals surface area contributed by atoms with Crippen LogP contribution in [0.15, 0.2) is 59.9 Å². The van der Waals surface area contributed by atoms with E-state index in [9.17, 15) is 0 Å². The lowest BCUT2D eigenvalue weighted by molar-refractivity contribution is 0.127. The Kier molecular flexibility index (Phi) is 6.04. The Morgan fingerprint density at radius 3 is 2.59 bits per heavy atom. The van der Waals surface area contributed by atoms with Crippen molar-refractivity contribution >= 4 is 5.84 Å². The SMILES string of the molecule is Cc1cc(C)n(-c2ccc(/C(N)=N/OCCCOc3ccccc3)cn2)n1. The van der Waals surface area contributed by atoms with Crippen molar-refractivity contribution in [3.8, 4) is 11.6 Å². The fraction of sp³-hybridized carbons (Fsp3) is 0.250. The van der Waals surface area contributed by atoms with E-state index >= 15 is 0 Å². The third-order valence-electron chi connectivity index (χ3n) is 3.83. The highest BCUT2D eigenvalue weighted by Gasteiger charge is 2.06. The highest BCUT2D eigenvalue weighted by atomic mass is 16.6. The second kappa shape index (κ2) is 8.84. The molecule has 7 heteroatoms. The number of aryl methyl sites for hydroxylation is 2. The van der Waals surface area contributed by atoms with E-state index in [0.29, 0.717) is 25.2 Å². The number of benzene rings is 1. The van der Waals surface area contributed by atoms with Crippen LogP contribution < -0.4 is 10.5 Å². The number of hydrogen-bond donors (Lipinski definition) is 1. The third-order valence-corrected chi connectivity index (χ3v) is 3.83. The predicted molar refractivity (Wildman–Crippen MR) is 104 cm³/mol. The molecule has 3 aromatic rings. The zero-order chi connectivity index (χ0) is 19.1. The average molecular weight is 365 g/mol. The quantitative estimate of drug-likeness (QED) is 0.287. The highest BCUT2D eigenvalue weighted by Crippen LogP contribution is 2.10. The van der Waals surface area contributed by atoms with Gasteiger partial charge in [0, 0.05) is 23.9 Å². The Bertz CT molecular complexity index is 888. The van der Waals surface area contributed by atoms with Crippen molar-refractivity contribution in [3.63, 3.8) is 0 Å². The van der Waals surface area contributed by atoms with Gasteiger partial charge in [-0.3, -0.25) is 0 Å². The zero-order valence-corrected chi connectivity index (χ0v) is 15.5. The zero-order valence-electron chi connectivity index (χ0n) is 15.5. The van der Waals surface area contributed by atoms with E-state index in [-0.39, 0.29) is 5.84 Å². The van der Waals surface area contributed by atoms with Gasteiger partial charge in [0.05, 0.1) is 12.3 Å². The maximum Gasteiger partial charge on any atom is 0.171 e. The van der Waals surface area contributed by atoms with Gasteiger partial charge in [-0.05, 0) is 44.2 Å². The molecule has 0 aliphatic rings. The van der Waals surface area contributed by atoms with E-state index in [1.807, 2.05) is 62.4 Å². The Balaban J connectivity index is 1.47. The molecule has 0 saturated carbocycles. The first-order valence-electron chi connectivity index (χ1n) is 8.77. The summed E-state index contributed by atoms with van der Waals surface area (Å²) in [6.45, 7) is 4.91. The average Bonchev–Trinajstić information content (AvgIpc) is 3.03. The minimum atomic E-state index is 0.284. The van der Waals surface area contributed by atoms with Gasteiger partial charge in [-0.1, -0.05) is 23.4 Å². The van der Waals surface area contributed by atoms with E-state index in [1.54, 1.807) is 10.9 Å². The molecule has 0 spiro atoms. The number of para-hydroxylation sites is 1. The summed E-state index contributed by atoms with van der Waals surface area (Å²) in [6, 6.07) is 15.4. The number of amidine groups is 1. The minimum Gasteiger partial charge on any atom is -0.493 e. The van der Waals surface area contributed by atoms with Crippen LogP contribution in [0.2, 0.25) is 0 Å². The molecule has 3 rings (SSSR count). The summed E-state index contributed by atoms with van der Waals surface area (Å²) in [5.41, 5.74) is 8.62. The number of oxime groups is 1. The molecule has 0 aliphatic carbocycles. The largest absolute Gasteiger partial charge is 0.493 e. The summed E-state index contributed by atoms with van der Waals surface area (Å²) in [7, 11) is 0. The summed E-state index contributed by atoms with van der Waals surface area (Å²) < 4.78 is 7.37. The predicted octanol–water partition coefficient (Wildman–Crippen LogP) is 2.99. The van der Waals surface area contributed by atoms with Crippen LogP contribution in [0.1, 0.15) is 23.4 Å². The number of pyridine rings is 1. The van der Waals surface area contributed by atoms with Gasteiger partial charge in [0.25, 0.3) is 0 Å². The first kappa shape index (κ1) is 18.4. The molecule has 0 atom stereocenters. The Labute approximate surface area is 158 Å². The van der Waals surface area contributed by atoms with Gasteiger partial charge in [0.2, 0.25) is 0 Å². The molecule has 7 nitrogen and oxygen atoms in total. The van der Waals surface area contributed by atoms with Gasteiger partial charge in [0.1, 0.15) is 12.4 Å². The number of nitrogens with two attached hydrogens (primary N) is 1. The molecule has 2 N–H and O–H groups in total. The molecule has 0 radical (unpaired) electrons. The summed E-state index contributed by atoms with van der Waals surface area (Å²) in [5, 5.41) is 8.35. The van der Waals surface area contributed by atoms with Gasteiger partial charge in [-0.15, -0.1) is 0 Å². The van der Waals surface area contributed by atoms with E-state index in [2.05, 4.69) is 15.2 Å². The molecule has 2 aromatic heterocycles. The molecule has 0 saturated heterocycles. The standard InChI is InChI=1S/C20H23N5O2/c1-15-13-16(2)25(23-15)19-10-9-17(14-22-19)20(21)24-27-12-6-11-26-18-7-4-3-5-8-18/h3-5,7-10,13-14H,6,11-12H2,1-2H3,(H2,21,24). The van der Waals surface area contributed by atoms with E-state index in [0.717, 1.165) is 23.0 Å². The number of nitrogens with zero attached hydrogens (tertiary/aromatic N) is 4. The van der Waals surface area contributed by atoms with E-state index in [4.69, 9.17) is 15.3 Å². The lowest BCUT2D eigenvalue weighted by Gasteiger charge is -2.06. The summed E-state index contributed by atoms with van der Waals surface area (Å²) >= 11 is 0.